The molecular formula is C54H34. The Hall–Kier alpha value is -7.02. The van der Waals surface area contributed by atoms with Crippen molar-refractivity contribution in [2.24, 2.45) is 0 Å². The standard InChI is InChI=1S/C54H34/c1-3-11-37-29-39(19-17-35(37)9-1)40-20-21-42-31-43(23-22-41(42)30-40)44-24-25-46-34-48(28-26-45(46)32-44)54-51-15-7-5-13-49(51)53(50-14-6-8-16-52(50)54)47-27-18-36-10-2-4-12-38(36)33-47/h1-34H. The maximum absolute atomic E-state index is 2.37. The summed E-state index contributed by atoms with van der Waals surface area (Å²) in [7, 11) is 0. The van der Waals surface area contributed by atoms with Crippen LogP contribution in [0.15, 0.2) is 206 Å². The van der Waals surface area contributed by atoms with Crippen LogP contribution in [0, 0.1) is 0 Å². The molecule has 0 fully saturated rings. The van der Waals surface area contributed by atoms with Crippen molar-refractivity contribution in [1.29, 1.82) is 0 Å². The Kier molecular flexibility index (Phi) is 6.97. The highest BCUT2D eigenvalue weighted by molar-refractivity contribution is 6.22. The Morgan fingerprint density at radius 3 is 0.722 bits per heavy atom. The van der Waals surface area contributed by atoms with Crippen molar-refractivity contribution in [3.8, 4) is 44.5 Å². The van der Waals surface area contributed by atoms with Gasteiger partial charge in [-0.15, -0.1) is 0 Å². The number of hydrogen-bond acceptors (Lipinski definition) is 0. The fraction of sp³-hybridized carbons (Fsp3) is 0. The Morgan fingerprint density at radius 2 is 0.389 bits per heavy atom. The summed E-state index contributed by atoms with van der Waals surface area (Å²) in [6.45, 7) is 0. The van der Waals surface area contributed by atoms with E-state index in [1.54, 1.807) is 0 Å². The lowest BCUT2D eigenvalue weighted by Gasteiger charge is -2.18. The Labute approximate surface area is 314 Å². The molecule has 0 N–H and O–H groups in total. The van der Waals surface area contributed by atoms with E-state index in [0.29, 0.717) is 0 Å². The average molecular weight is 683 g/mol. The van der Waals surface area contributed by atoms with Gasteiger partial charge in [-0.1, -0.05) is 170 Å². The molecule has 0 atom stereocenters. The van der Waals surface area contributed by atoms with Gasteiger partial charge in [0.25, 0.3) is 0 Å². The molecule has 0 heterocycles. The highest BCUT2D eigenvalue weighted by atomic mass is 14.2. The minimum Gasteiger partial charge on any atom is -0.0616 e. The van der Waals surface area contributed by atoms with Crippen LogP contribution in [-0.4, -0.2) is 0 Å². The first-order valence-electron chi connectivity index (χ1n) is 18.7. The normalized spacial score (nSPS) is 11.7. The van der Waals surface area contributed by atoms with Crippen molar-refractivity contribution in [2.75, 3.05) is 0 Å². The van der Waals surface area contributed by atoms with Gasteiger partial charge in [-0.05, 0) is 146 Å². The smallest absolute Gasteiger partial charge is 0.00262 e. The maximum atomic E-state index is 2.37. The first kappa shape index (κ1) is 30.6. The molecule has 0 saturated carbocycles. The van der Waals surface area contributed by atoms with E-state index in [-0.39, 0.29) is 0 Å². The maximum Gasteiger partial charge on any atom is -0.00262 e. The molecule has 250 valence electrons. The van der Waals surface area contributed by atoms with Gasteiger partial charge in [-0.2, -0.15) is 0 Å². The number of hydrogen-bond donors (Lipinski definition) is 0. The van der Waals surface area contributed by atoms with Crippen LogP contribution in [0.25, 0.3) is 109 Å². The summed E-state index contributed by atoms with van der Waals surface area (Å²) in [5.74, 6) is 0. The third kappa shape index (κ3) is 5.07. The predicted molar refractivity (Wildman–Crippen MR) is 233 cm³/mol. The SMILES string of the molecule is c1ccc2cc(-c3ccc4cc(-c5ccc6cc(-c7c8ccccc8c(-c8ccc9ccccc9c8)c8ccccc78)ccc6c5)ccc4c3)ccc2c1. The summed E-state index contributed by atoms with van der Waals surface area (Å²) < 4.78 is 0. The topological polar surface area (TPSA) is 0 Å². The zero-order chi connectivity index (χ0) is 35.6. The summed E-state index contributed by atoms with van der Waals surface area (Å²) >= 11 is 0. The van der Waals surface area contributed by atoms with Crippen molar-refractivity contribution in [3.63, 3.8) is 0 Å². The van der Waals surface area contributed by atoms with Crippen LogP contribution in [-0.2, 0) is 0 Å². The van der Waals surface area contributed by atoms with E-state index in [4.69, 9.17) is 0 Å². The third-order valence-corrected chi connectivity index (χ3v) is 11.4. The van der Waals surface area contributed by atoms with Crippen molar-refractivity contribution in [3.05, 3.63) is 206 Å². The van der Waals surface area contributed by atoms with Gasteiger partial charge in [0.05, 0.1) is 0 Å². The van der Waals surface area contributed by atoms with Gasteiger partial charge in [0.1, 0.15) is 0 Å². The van der Waals surface area contributed by atoms with Gasteiger partial charge in [0, 0.05) is 0 Å². The van der Waals surface area contributed by atoms with E-state index in [1.165, 1.54) is 109 Å². The van der Waals surface area contributed by atoms with Crippen molar-refractivity contribution in [2.45, 2.75) is 0 Å². The van der Waals surface area contributed by atoms with E-state index in [1.807, 2.05) is 0 Å². The van der Waals surface area contributed by atoms with Crippen LogP contribution in [0.5, 0.6) is 0 Å². The second kappa shape index (κ2) is 12.3. The molecule has 0 bridgehead atoms. The number of benzene rings is 11. The number of rotatable bonds is 4. The molecule has 11 aromatic rings. The Bertz CT molecular complexity index is 3220. The monoisotopic (exact) mass is 682 g/mol. The van der Waals surface area contributed by atoms with Crippen molar-refractivity contribution < 1.29 is 0 Å². The molecule has 0 saturated heterocycles. The van der Waals surface area contributed by atoms with Gasteiger partial charge in [-0.25, -0.2) is 0 Å². The molecule has 0 aliphatic heterocycles. The fourth-order valence-electron chi connectivity index (χ4n) is 8.65. The van der Waals surface area contributed by atoms with Crippen LogP contribution in [0.1, 0.15) is 0 Å². The van der Waals surface area contributed by atoms with E-state index >= 15 is 0 Å². The second-order valence-electron chi connectivity index (χ2n) is 14.5. The lowest BCUT2D eigenvalue weighted by molar-refractivity contribution is 1.65. The molecule has 0 unspecified atom stereocenters. The van der Waals surface area contributed by atoms with Crippen LogP contribution in [0.2, 0.25) is 0 Å². The molecule has 0 radical (unpaired) electrons. The summed E-state index contributed by atoms with van der Waals surface area (Å²) in [5, 5.41) is 15.1. The van der Waals surface area contributed by atoms with Gasteiger partial charge >= 0.3 is 0 Å². The molecule has 0 heteroatoms. The van der Waals surface area contributed by atoms with Gasteiger partial charge in [0.15, 0.2) is 0 Å². The van der Waals surface area contributed by atoms with Gasteiger partial charge < -0.3 is 0 Å². The molecule has 54 heavy (non-hydrogen) atoms. The molecule has 0 aromatic heterocycles. The summed E-state index contributed by atoms with van der Waals surface area (Å²) in [6.07, 6.45) is 0. The summed E-state index contributed by atoms with van der Waals surface area (Å²) in [5.41, 5.74) is 10.0. The highest BCUT2D eigenvalue weighted by Gasteiger charge is 2.17. The minimum atomic E-state index is 1.23. The van der Waals surface area contributed by atoms with Crippen molar-refractivity contribution >= 4 is 64.6 Å². The third-order valence-electron chi connectivity index (χ3n) is 11.4. The summed E-state index contributed by atoms with van der Waals surface area (Å²) in [6, 6.07) is 76.2. The van der Waals surface area contributed by atoms with Gasteiger partial charge in [0.2, 0.25) is 0 Å². The molecule has 11 rings (SSSR count). The van der Waals surface area contributed by atoms with E-state index in [9.17, 15) is 0 Å². The molecule has 0 amide bonds. The lowest BCUT2D eigenvalue weighted by atomic mass is 9.85. The summed E-state index contributed by atoms with van der Waals surface area (Å²) in [4.78, 5) is 0. The van der Waals surface area contributed by atoms with E-state index < -0.39 is 0 Å². The minimum absolute atomic E-state index is 1.23. The zero-order valence-corrected chi connectivity index (χ0v) is 29.6. The van der Waals surface area contributed by atoms with Crippen LogP contribution < -0.4 is 0 Å². The van der Waals surface area contributed by atoms with Gasteiger partial charge in [-0.3, -0.25) is 0 Å². The fourth-order valence-corrected chi connectivity index (χ4v) is 8.65. The lowest BCUT2D eigenvalue weighted by Crippen LogP contribution is -1.91. The molecule has 0 aliphatic carbocycles. The van der Waals surface area contributed by atoms with E-state index in [2.05, 4.69) is 206 Å². The van der Waals surface area contributed by atoms with Crippen molar-refractivity contribution in [1.82, 2.24) is 0 Å². The average Bonchev–Trinajstić information content (AvgIpc) is 3.24. The number of fused-ring (bicyclic) bond motifs is 6. The van der Waals surface area contributed by atoms with E-state index in [0.717, 1.165) is 0 Å². The van der Waals surface area contributed by atoms with Crippen LogP contribution in [0.3, 0.4) is 0 Å². The molecule has 11 aromatic carbocycles. The molecule has 0 spiro atoms. The Balaban J connectivity index is 0.981. The largest absolute Gasteiger partial charge is 0.0616 e. The first-order valence-corrected chi connectivity index (χ1v) is 18.7. The quantitative estimate of drug-likeness (QED) is 0.162. The first-order chi connectivity index (χ1) is 26.7. The highest BCUT2D eigenvalue weighted by Crippen LogP contribution is 2.44. The van der Waals surface area contributed by atoms with Crippen LogP contribution >= 0.6 is 0 Å². The second-order valence-corrected chi connectivity index (χ2v) is 14.5. The molecule has 0 nitrogen and oxygen atoms in total. The predicted octanol–water partition coefficient (Wildman–Crippen LogP) is 15.3. The molecular weight excluding hydrogens is 649 g/mol. The van der Waals surface area contributed by atoms with Crippen LogP contribution in [0.4, 0.5) is 0 Å². The molecule has 0 aliphatic rings. The Morgan fingerprint density at radius 1 is 0.167 bits per heavy atom. The zero-order valence-electron chi connectivity index (χ0n) is 29.6.